The summed E-state index contributed by atoms with van der Waals surface area (Å²) in [6.45, 7) is 1.75. The minimum atomic E-state index is -0.219. The molecule has 1 atom stereocenters. The van der Waals surface area contributed by atoms with Gasteiger partial charge in [-0.05, 0) is 18.6 Å². The Hall–Kier alpha value is -2.74. The Bertz CT molecular complexity index is 879. The summed E-state index contributed by atoms with van der Waals surface area (Å²) in [5.74, 6) is 0.310. The van der Waals surface area contributed by atoms with Gasteiger partial charge in [-0.25, -0.2) is 4.98 Å². The molecule has 0 bridgehead atoms. The SMILES string of the molecule is COCCN1C[C@H](C(=O)NCCc2nc3ccccc3c(=O)[nH]2)CCC1=O. The van der Waals surface area contributed by atoms with Gasteiger partial charge in [-0.3, -0.25) is 14.4 Å². The van der Waals surface area contributed by atoms with Crippen molar-refractivity contribution >= 4 is 22.7 Å². The second kappa shape index (κ2) is 8.77. The van der Waals surface area contributed by atoms with Crippen LogP contribution >= 0.6 is 0 Å². The molecule has 0 spiro atoms. The minimum Gasteiger partial charge on any atom is -0.383 e. The maximum atomic E-state index is 12.4. The molecule has 27 heavy (non-hydrogen) atoms. The number of rotatable bonds is 7. The summed E-state index contributed by atoms with van der Waals surface area (Å²) >= 11 is 0. The average molecular weight is 372 g/mol. The van der Waals surface area contributed by atoms with E-state index in [1.807, 2.05) is 6.07 Å². The molecule has 2 N–H and O–H groups in total. The van der Waals surface area contributed by atoms with Crippen molar-refractivity contribution < 1.29 is 14.3 Å². The molecule has 3 rings (SSSR count). The highest BCUT2D eigenvalue weighted by molar-refractivity contribution is 5.83. The smallest absolute Gasteiger partial charge is 0.258 e. The molecule has 0 aliphatic carbocycles. The standard InChI is InChI=1S/C19H24N4O4/c1-27-11-10-23-12-13(6-7-17(23)24)18(25)20-9-8-16-21-15-5-3-2-4-14(15)19(26)22-16/h2-5,13H,6-12H2,1H3,(H,20,25)(H,21,22,26)/t13-/m1/s1. The van der Waals surface area contributed by atoms with Crippen molar-refractivity contribution in [2.24, 2.45) is 5.92 Å². The molecular formula is C19H24N4O4. The van der Waals surface area contributed by atoms with Crippen LogP contribution in [-0.2, 0) is 20.7 Å². The molecule has 1 aliphatic heterocycles. The number of hydrogen-bond acceptors (Lipinski definition) is 5. The Morgan fingerprint density at radius 1 is 1.37 bits per heavy atom. The lowest BCUT2D eigenvalue weighted by atomic mass is 9.96. The van der Waals surface area contributed by atoms with E-state index in [0.717, 1.165) is 0 Å². The van der Waals surface area contributed by atoms with Gasteiger partial charge in [0.1, 0.15) is 5.82 Å². The van der Waals surface area contributed by atoms with Crippen LogP contribution in [0.5, 0.6) is 0 Å². The number of aromatic amines is 1. The van der Waals surface area contributed by atoms with E-state index in [4.69, 9.17) is 4.74 Å². The number of piperidine rings is 1. The van der Waals surface area contributed by atoms with Gasteiger partial charge in [0, 0.05) is 39.6 Å². The van der Waals surface area contributed by atoms with Crippen molar-refractivity contribution in [3.8, 4) is 0 Å². The van der Waals surface area contributed by atoms with Crippen LogP contribution in [0.4, 0.5) is 0 Å². The van der Waals surface area contributed by atoms with Gasteiger partial charge in [0.05, 0.1) is 23.4 Å². The third kappa shape index (κ3) is 4.71. The van der Waals surface area contributed by atoms with Crippen molar-refractivity contribution in [3.63, 3.8) is 0 Å². The second-order valence-electron chi connectivity index (χ2n) is 6.64. The Labute approximate surface area is 156 Å². The molecule has 2 amide bonds. The highest BCUT2D eigenvalue weighted by Crippen LogP contribution is 2.17. The molecule has 1 aromatic carbocycles. The highest BCUT2D eigenvalue weighted by Gasteiger charge is 2.29. The fourth-order valence-corrected chi connectivity index (χ4v) is 3.25. The first-order valence-corrected chi connectivity index (χ1v) is 9.11. The van der Waals surface area contributed by atoms with Crippen molar-refractivity contribution in [1.82, 2.24) is 20.2 Å². The van der Waals surface area contributed by atoms with E-state index < -0.39 is 0 Å². The number of methoxy groups -OCH3 is 1. The fourth-order valence-electron chi connectivity index (χ4n) is 3.25. The number of H-pyrrole nitrogens is 1. The van der Waals surface area contributed by atoms with E-state index in [1.165, 1.54) is 0 Å². The van der Waals surface area contributed by atoms with Crippen molar-refractivity contribution in [2.75, 3.05) is 33.4 Å². The van der Waals surface area contributed by atoms with Gasteiger partial charge < -0.3 is 19.9 Å². The average Bonchev–Trinajstić information content (AvgIpc) is 2.67. The molecule has 144 valence electrons. The number of fused-ring (bicyclic) bond motifs is 1. The molecule has 1 aromatic heterocycles. The number of aromatic nitrogens is 2. The van der Waals surface area contributed by atoms with E-state index in [9.17, 15) is 14.4 Å². The van der Waals surface area contributed by atoms with Gasteiger partial charge in [0.2, 0.25) is 11.8 Å². The number of carbonyl (C=O) groups excluding carboxylic acids is 2. The molecule has 2 heterocycles. The van der Waals surface area contributed by atoms with Gasteiger partial charge in [-0.2, -0.15) is 0 Å². The van der Waals surface area contributed by atoms with Crippen LogP contribution in [0.3, 0.4) is 0 Å². The third-order valence-electron chi connectivity index (χ3n) is 4.76. The van der Waals surface area contributed by atoms with Crippen molar-refractivity contribution in [2.45, 2.75) is 19.3 Å². The lowest BCUT2D eigenvalue weighted by molar-refractivity contribution is -0.138. The Morgan fingerprint density at radius 2 is 2.19 bits per heavy atom. The summed E-state index contributed by atoms with van der Waals surface area (Å²) in [6, 6.07) is 7.15. The predicted octanol–water partition coefficient (Wildman–Crippen LogP) is 0.467. The lowest BCUT2D eigenvalue weighted by Crippen LogP contribution is -2.47. The monoisotopic (exact) mass is 372 g/mol. The molecular weight excluding hydrogens is 348 g/mol. The minimum absolute atomic E-state index is 0.0639. The first-order chi connectivity index (χ1) is 13.1. The number of para-hydroxylation sites is 1. The van der Waals surface area contributed by atoms with E-state index in [0.29, 0.717) is 62.2 Å². The first kappa shape index (κ1) is 19.0. The van der Waals surface area contributed by atoms with Crippen LogP contribution < -0.4 is 10.9 Å². The summed E-state index contributed by atoms with van der Waals surface area (Å²) in [6.07, 6.45) is 1.37. The molecule has 1 aliphatic rings. The zero-order chi connectivity index (χ0) is 19.2. The van der Waals surface area contributed by atoms with Gasteiger partial charge >= 0.3 is 0 Å². The number of carbonyl (C=O) groups is 2. The van der Waals surface area contributed by atoms with Crippen molar-refractivity contribution in [1.29, 1.82) is 0 Å². The maximum absolute atomic E-state index is 12.4. The summed E-state index contributed by atoms with van der Waals surface area (Å²) in [5, 5.41) is 3.44. The summed E-state index contributed by atoms with van der Waals surface area (Å²) < 4.78 is 5.01. The van der Waals surface area contributed by atoms with Crippen LogP contribution in [0.2, 0.25) is 0 Å². The summed E-state index contributed by atoms with van der Waals surface area (Å²) in [5.41, 5.74) is 0.462. The highest BCUT2D eigenvalue weighted by atomic mass is 16.5. The number of likely N-dealkylation sites (tertiary alicyclic amines) is 1. The van der Waals surface area contributed by atoms with E-state index in [1.54, 1.807) is 30.2 Å². The Balaban J connectivity index is 1.53. The quantitative estimate of drug-likeness (QED) is 0.735. The summed E-state index contributed by atoms with van der Waals surface area (Å²) in [4.78, 5) is 45.3. The molecule has 0 radical (unpaired) electrons. The molecule has 0 saturated carbocycles. The third-order valence-corrected chi connectivity index (χ3v) is 4.76. The normalized spacial score (nSPS) is 17.3. The Kier molecular flexibility index (Phi) is 6.18. The van der Waals surface area contributed by atoms with E-state index >= 15 is 0 Å². The first-order valence-electron chi connectivity index (χ1n) is 9.11. The molecule has 1 saturated heterocycles. The zero-order valence-corrected chi connectivity index (χ0v) is 15.4. The maximum Gasteiger partial charge on any atom is 0.258 e. The van der Waals surface area contributed by atoms with Gasteiger partial charge in [-0.1, -0.05) is 12.1 Å². The topological polar surface area (TPSA) is 104 Å². The largest absolute Gasteiger partial charge is 0.383 e. The van der Waals surface area contributed by atoms with Crippen LogP contribution in [0.15, 0.2) is 29.1 Å². The number of nitrogens with one attached hydrogen (secondary N) is 2. The molecule has 8 nitrogen and oxygen atoms in total. The van der Waals surface area contributed by atoms with Crippen LogP contribution in [-0.4, -0.2) is 60.0 Å². The molecule has 2 aromatic rings. The number of hydrogen-bond donors (Lipinski definition) is 2. The fraction of sp³-hybridized carbons (Fsp3) is 0.474. The predicted molar refractivity (Wildman–Crippen MR) is 100 cm³/mol. The van der Waals surface area contributed by atoms with Gasteiger partial charge in [-0.15, -0.1) is 0 Å². The zero-order valence-electron chi connectivity index (χ0n) is 15.4. The Morgan fingerprint density at radius 3 is 3.00 bits per heavy atom. The van der Waals surface area contributed by atoms with Crippen LogP contribution in [0.25, 0.3) is 10.9 Å². The number of amides is 2. The molecule has 0 unspecified atom stereocenters. The van der Waals surface area contributed by atoms with Crippen molar-refractivity contribution in [3.05, 3.63) is 40.4 Å². The number of benzene rings is 1. The van der Waals surface area contributed by atoms with Gasteiger partial charge in [0.15, 0.2) is 0 Å². The number of ether oxygens (including phenoxy) is 1. The number of nitrogens with zero attached hydrogens (tertiary/aromatic N) is 2. The molecule has 1 fully saturated rings. The van der Waals surface area contributed by atoms with Crippen LogP contribution in [0.1, 0.15) is 18.7 Å². The summed E-state index contributed by atoms with van der Waals surface area (Å²) in [7, 11) is 1.59. The van der Waals surface area contributed by atoms with E-state index in [-0.39, 0.29) is 23.3 Å². The van der Waals surface area contributed by atoms with Crippen LogP contribution in [0, 0.1) is 5.92 Å². The lowest BCUT2D eigenvalue weighted by Gasteiger charge is -2.31. The molecule has 8 heteroatoms. The van der Waals surface area contributed by atoms with E-state index in [2.05, 4.69) is 15.3 Å². The van der Waals surface area contributed by atoms with Gasteiger partial charge in [0.25, 0.3) is 5.56 Å². The second-order valence-corrected chi connectivity index (χ2v) is 6.64.